The largest absolute Gasteiger partial charge is 0.367 e. The molecule has 2 fully saturated rings. The summed E-state index contributed by atoms with van der Waals surface area (Å²) < 4.78 is 39.2. The Balaban J connectivity index is 1.56. The summed E-state index contributed by atoms with van der Waals surface area (Å²) in [6, 6.07) is 5.04. The molecule has 1 amide bonds. The van der Waals surface area contributed by atoms with Gasteiger partial charge in [-0.2, -0.15) is 0 Å². The first-order valence-corrected chi connectivity index (χ1v) is 11.2. The third kappa shape index (κ3) is 5.18. The average molecular weight is 399 g/mol. The van der Waals surface area contributed by atoms with Crippen LogP contribution in [0.1, 0.15) is 18.4 Å². The van der Waals surface area contributed by atoms with Crippen LogP contribution in [0.5, 0.6) is 0 Å². The van der Waals surface area contributed by atoms with E-state index in [1.165, 1.54) is 10.4 Å². The lowest BCUT2D eigenvalue weighted by Gasteiger charge is -2.30. The van der Waals surface area contributed by atoms with Crippen LogP contribution < -0.4 is 15.5 Å². The molecule has 2 N–H and O–H groups in total. The third-order valence-corrected chi connectivity index (χ3v) is 6.43. The fourth-order valence-electron chi connectivity index (χ4n) is 3.61. The van der Waals surface area contributed by atoms with Gasteiger partial charge in [0, 0.05) is 45.8 Å². The Kier molecular flexibility index (Phi) is 6.33. The number of nitrogens with one attached hydrogen (secondary N) is 2. The van der Waals surface area contributed by atoms with Crippen LogP contribution in [0, 0.1) is 11.7 Å². The van der Waals surface area contributed by atoms with Crippen molar-refractivity contribution in [3.63, 3.8) is 0 Å². The molecular weight excluding hydrogens is 371 g/mol. The Morgan fingerprint density at radius 3 is 2.70 bits per heavy atom. The van der Waals surface area contributed by atoms with Crippen LogP contribution in [-0.2, 0) is 21.4 Å². The maximum absolute atomic E-state index is 14.4. The van der Waals surface area contributed by atoms with E-state index in [0.717, 1.165) is 32.4 Å². The minimum Gasteiger partial charge on any atom is -0.367 e. The Morgan fingerprint density at radius 1 is 1.30 bits per heavy atom. The predicted molar refractivity (Wildman–Crippen MR) is 102 cm³/mol. The highest BCUT2D eigenvalue weighted by Gasteiger charge is 2.30. The molecule has 3 rings (SSSR count). The quantitative estimate of drug-likeness (QED) is 0.756. The topological polar surface area (TPSA) is 81.8 Å². The van der Waals surface area contributed by atoms with Crippen molar-refractivity contribution < 1.29 is 17.6 Å². The second kappa shape index (κ2) is 8.53. The van der Waals surface area contributed by atoms with Crippen LogP contribution in [-0.4, -0.2) is 64.2 Å². The van der Waals surface area contributed by atoms with Gasteiger partial charge >= 0.3 is 0 Å². The van der Waals surface area contributed by atoms with Gasteiger partial charge in [-0.25, -0.2) is 17.1 Å². The molecule has 1 aromatic rings. The Morgan fingerprint density at radius 2 is 2.04 bits per heavy atom. The first kappa shape index (κ1) is 20.0. The summed E-state index contributed by atoms with van der Waals surface area (Å²) in [7, 11) is -3.29. The third-order valence-electron chi connectivity index (χ3n) is 5.16. The minimum absolute atomic E-state index is 0.185. The van der Waals surface area contributed by atoms with Crippen LogP contribution >= 0.6 is 0 Å². The summed E-state index contributed by atoms with van der Waals surface area (Å²) in [4.78, 5) is 14.4. The van der Waals surface area contributed by atoms with E-state index in [1.807, 2.05) is 11.0 Å². The number of hydrogen-bond donors (Lipinski definition) is 2. The molecule has 2 aliphatic heterocycles. The van der Waals surface area contributed by atoms with E-state index in [0.29, 0.717) is 30.6 Å². The van der Waals surface area contributed by atoms with Crippen LogP contribution in [0.25, 0.3) is 0 Å². The number of anilines is 1. The number of piperidine rings is 1. The summed E-state index contributed by atoms with van der Waals surface area (Å²) in [6.45, 7) is 4.11. The summed E-state index contributed by atoms with van der Waals surface area (Å²) >= 11 is 0. The van der Waals surface area contributed by atoms with Crippen molar-refractivity contribution in [3.05, 3.63) is 29.6 Å². The van der Waals surface area contributed by atoms with Crippen molar-refractivity contribution in [2.75, 3.05) is 50.4 Å². The molecule has 0 spiro atoms. The van der Waals surface area contributed by atoms with Crippen molar-refractivity contribution in [3.8, 4) is 0 Å². The highest BCUT2D eigenvalue weighted by atomic mass is 32.2. The number of piperazine rings is 1. The van der Waals surface area contributed by atoms with Crippen LogP contribution in [0.2, 0.25) is 0 Å². The van der Waals surface area contributed by atoms with Gasteiger partial charge in [-0.3, -0.25) is 4.79 Å². The lowest BCUT2D eigenvalue weighted by atomic mass is 9.98. The highest BCUT2D eigenvalue weighted by Crippen LogP contribution is 2.22. The fraction of sp³-hybridized carbons (Fsp3) is 0.611. The molecular formula is C18H27FN4O3S. The van der Waals surface area contributed by atoms with Gasteiger partial charge in [-0.05, 0) is 30.5 Å². The SMILES string of the molecule is CS(=O)(=O)N1CCCC(C(=O)NCc2ccc(N3CCNCC3)c(F)c2)C1. The van der Waals surface area contributed by atoms with Gasteiger partial charge in [0.25, 0.3) is 0 Å². The molecule has 1 atom stereocenters. The number of sulfonamides is 1. The lowest BCUT2D eigenvalue weighted by Crippen LogP contribution is -2.45. The van der Waals surface area contributed by atoms with Gasteiger partial charge in [-0.15, -0.1) is 0 Å². The van der Waals surface area contributed by atoms with Crippen molar-refractivity contribution in [1.29, 1.82) is 0 Å². The molecule has 0 bridgehead atoms. The Bertz CT molecular complexity index is 781. The summed E-state index contributed by atoms with van der Waals surface area (Å²) in [5.41, 5.74) is 1.28. The number of halogens is 1. The summed E-state index contributed by atoms with van der Waals surface area (Å²) in [5.74, 6) is -0.835. The Labute approximate surface area is 160 Å². The van der Waals surface area contributed by atoms with E-state index in [9.17, 15) is 17.6 Å². The first-order chi connectivity index (χ1) is 12.8. The fourth-order valence-corrected chi connectivity index (χ4v) is 4.53. The second-order valence-corrected chi connectivity index (χ2v) is 9.18. The van der Waals surface area contributed by atoms with Gasteiger partial charge in [0.15, 0.2) is 0 Å². The number of rotatable bonds is 5. The predicted octanol–water partition coefficient (Wildman–Crippen LogP) is 0.523. The molecule has 2 aliphatic rings. The Hall–Kier alpha value is -1.71. The van der Waals surface area contributed by atoms with Gasteiger partial charge in [0.2, 0.25) is 15.9 Å². The van der Waals surface area contributed by atoms with Crippen molar-refractivity contribution >= 4 is 21.6 Å². The van der Waals surface area contributed by atoms with Crippen molar-refractivity contribution in [2.24, 2.45) is 5.92 Å². The van der Waals surface area contributed by atoms with Gasteiger partial charge in [0.1, 0.15) is 5.82 Å². The number of hydrogen-bond acceptors (Lipinski definition) is 5. The maximum Gasteiger partial charge on any atom is 0.224 e. The normalized spacial score (nSPS) is 21.9. The van der Waals surface area contributed by atoms with Crippen LogP contribution in [0.4, 0.5) is 10.1 Å². The zero-order valence-electron chi connectivity index (χ0n) is 15.6. The number of nitrogens with zero attached hydrogens (tertiary/aromatic N) is 2. The molecule has 2 saturated heterocycles. The molecule has 1 unspecified atom stereocenters. The maximum atomic E-state index is 14.4. The molecule has 27 heavy (non-hydrogen) atoms. The van der Waals surface area contributed by atoms with Gasteiger partial charge in [0.05, 0.1) is 17.9 Å². The van der Waals surface area contributed by atoms with Gasteiger partial charge < -0.3 is 15.5 Å². The number of carbonyl (C=O) groups is 1. The van der Waals surface area contributed by atoms with E-state index >= 15 is 0 Å². The zero-order chi connectivity index (χ0) is 19.4. The van der Waals surface area contributed by atoms with E-state index in [-0.39, 0.29) is 30.7 Å². The van der Waals surface area contributed by atoms with E-state index in [4.69, 9.17) is 0 Å². The molecule has 9 heteroatoms. The first-order valence-electron chi connectivity index (χ1n) is 9.31. The average Bonchev–Trinajstić information content (AvgIpc) is 2.66. The number of amides is 1. The van der Waals surface area contributed by atoms with Gasteiger partial charge in [-0.1, -0.05) is 6.07 Å². The van der Waals surface area contributed by atoms with E-state index < -0.39 is 10.0 Å². The molecule has 1 aromatic carbocycles. The standard InChI is InChI=1S/C18H27FN4O3S/c1-27(25,26)23-8-2-3-15(13-23)18(24)21-12-14-4-5-17(16(19)11-14)22-9-6-20-7-10-22/h4-5,11,15,20H,2-3,6-10,12-13H2,1H3,(H,21,24). The highest BCUT2D eigenvalue weighted by molar-refractivity contribution is 7.88. The monoisotopic (exact) mass is 398 g/mol. The minimum atomic E-state index is -3.29. The molecule has 0 aromatic heterocycles. The van der Waals surface area contributed by atoms with Crippen LogP contribution in [0.3, 0.4) is 0 Å². The molecule has 150 valence electrons. The molecule has 0 saturated carbocycles. The number of benzene rings is 1. The zero-order valence-corrected chi connectivity index (χ0v) is 16.4. The molecule has 2 heterocycles. The molecule has 7 nitrogen and oxygen atoms in total. The second-order valence-electron chi connectivity index (χ2n) is 7.20. The van der Waals surface area contributed by atoms with Crippen LogP contribution in [0.15, 0.2) is 18.2 Å². The molecule has 0 aliphatic carbocycles. The lowest BCUT2D eigenvalue weighted by molar-refractivity contribution is -0.126. The van der Waals surface area contributed by atoms with E-state index in [1.54, 1.807) is 6.07 Å². The smallest absolute Gasteiger partial charge is 0.224 e. The van der Waals surface area contributed by atoms with E-state index in [2.05, 4.69) is 10.6 Å². The summed E-state index contributed by atoms with van der Waals surface area (Å²) in [5, 5.41) is 6.06. The van der Waals surface area contributed by atoms with Crippen molar-refractivity contribution in [1.82, 2.24) is 14.9 Å². The molecule has 0 radical (unpaired) electrons. The number of carbonyl (C=O) groups excluding carboxylic acids is 1. The van der Waals surface area contributed by atoms with Crippen molar-refractivity contribution in [2.45, 2.75) is 19.4 Å². The summed E-state index contributed by atoms with van der Waals surface area (Å²) in [6.07, 6.45) is 2.49.